The first-order valence-corrected chi connectivity index (χ1v) is 11.0. The second kappa shape index (κ2) is 10.7. The number of benzene rings is 1. The Balaban J connectivity index is 1.47. The Morgan fingerprint density at radius 1 is 1.07 bits per heavy atom. The summed E-state index contributed by atoms with van der Waals surface area (Å²) in [5.74, 6) is 1.65. The molecule has 0 radical (unpaired) electrons. The van der Waals surface area contributed by atoms with Gasteiger partial charge in [-0.2, -0.15) is 0 Å². The Labute approximate surface area is 164 Å². The minimum Gasteiger partial charge on any atom is -0.493 e. The highest BCUT2D eigenvalue weighted by molar-refractivity contribution is 5.97. The third kappa shape index (κ3) is 5.97. The minimum absolute atomic E-state index is 0.136. The van der Waals surface area contributed by atoms with Crippen LogP contribution in [0.5, 0.6) is 5.75 Å². The molecule has 0 saturated carbocycles. The van der Waals surface area contributed by atoms with Crippen LogP contribution in [0.2, 0.25) is 0 Å². The van der Waals surface area contributed by atoms with Gasteiger partial charge in [-0.25, -0.2) is 0 Å². The van der Waals surface area contributed by atoms with Crippen LogP contribution in [0.3, 0.4) is 0 Å². The lowest BCUT2D eigenvalue weighted by molar-refractivity contribution is 0.0675. The van der Waals surface area contributed by atoms with Crippen molar-refractivity contribution < 1.29 is 9.53 Å². The number of hydrogen-bond donors (Lipinski definition) is 0. The van der Waals surface area contributed by atoms with E-state index < -0.39 is 0 Å². The Bertz CT molecular complexity index is 575. The first-order valence-electron chi connectivity index (χ1n) is 11.0. The summed E-state index contributed by atoms with van der Waals surface area (Å²) in [5, 5.41) is 0. The summed E-state index contributed by atoms with van der Waals surface area (Å²) in [6.07, 6.45) is 9.82. The van der Waals surface area contributed by atoms with Gasteiger partial charge in [0.25, 0.3) is 5.91 Å². The van der Waals surface area contributed by atoms with Gasteiger partial charge in [0.1, 0.15) is 5.75 Å². The quantitative estimate of drug-likeness (QED) is 0.626. The summed E-state index contributed by atoms with van der Waals surface area (Å²) in [6, 6.07) is 7.72. The number of nitrogens with zero attached hydrogens (tertiary/aromatic N) is 2. The van der Waals surface area contributed by atoms with Gasteiger partial charge in [-0.3, -0.25) is 4.79 Å². The maximum absolute atomic E-state index is 13.0. The van der Waals surface area contributed by atoms with E-state index in [0.29, 0.717) is 6.61 Å². The number of likely N-dealkylation sites (tertiary alicyclic amines) is 2. The van der Waals surface area contributed by atoms with Crippen molar-refractivity contribution in [3.63, 3.8) is 0 Å². The molecule has 2 aliphatic heterocycles. The van der Waals surface area contributed by atoms with Crippen LogP contribution in [0, 0.1) is 5.92 Å². The average Bonchev–Trinajstić information content (AvgIpc) is 2.73. The summed E-state index contributed by atoms with van der Waals surface area (Å²) < 4.78 is 5.86. The van der Waals surface area contributed by atoms with Crippen LogP contribution < -0.4 is 4.74 Å². The van der Waals surface area contributed by atoms with Gasteiger partial charge in [0, 0.05) is 13.1 Å². The molecule has 0 atom stereocenters. The Kier molecular flexibility index (Phi) is 8.00. The van der Waals surface area contributed by atoms with Gasteiger partial charge in [-0.05, 0) is 76.2 Å². The smallest absolute Gasteiger partial charge is 0.257 e. The normalized spacial score (nSPS) is 19.2. The lowest BCUT2D eigenvalue weighted by atomic mass is 9.92. The first-order chi connectivity index (χ1) is 13.3. The van der Waals surface area contributed by atoms with Crippen LogP contribution >= 0.6 is 0 Å². The van der Waals surface area contributed by atoms with Gasteiger partial charge in [-0.1, -0.05) is 31.9 Å². The number of ether oxygens (including phenoxy) is 1. The number of para-hydroxylation sites is 1. The molecule has 2 aliphatic rings. The molecule has 1 amide bonds. The molecule has 27 heavy (non-hydrogen) atoms. The van der Waals surface area contributed by atoms with Crippen LogP contribution in [-0.2, 0) is 0 Å². The number of carbonyl (C=O) groups is 1. The lowest BCUT2D eigenvalue weighted by Crippen LogP contribution is -2.39. The third-order valence-corrected chi connectivity index (χ3v) is 6.08. The van der Waals surface area contributed by atoms with Gasteiger partial charge >= 0.3 is 0 Å². The second-order valence-electron chi connectivity index (χ2n) is 8.12. The molecule has 4 heteroatoms. The summed E-state index contributed by atoms with van der Waals surface area (Å²) in [6.45, 7) is 8.40. The number of amides is 1. The van der Waals surface area contributed by atoms with Gasteiger partial charge < -0.3 is 14.5 Å². The summed E-state index contributed by atoms with van der Waals surface area (Å²) in [5.41, 5.74) is 0.723. The molecule has 0 unspecified atom stereocenters. The summed E-state index contributed by atoms with van der Waals surface area (Å²) >= 11 is 0. The lowest BCUT2D eigenvalue weighted by Gasteiger charge is -2.34. The van der Waals surface area contributed by atoms with E-state index >= 15 is 0 Å². The van der Waals surface area contributed by atoms with Crippen LogP contribution in [0.25, 0.3) is 0 Å². The topological polar surface area (TPSA) is 32.8 Å². The van der Waals surface area contributed by atoms with E-state index in [0.717, 1.165) is 56.0 Å². The minimum atomic E-state index is 0.136. The molecule has 0 aromatic heterocycles. The Morgan fingerprint density at radius 2 is 1.81 bits per heavy atom. The van der Waals surface area contributed by atoms with Crippen molar-refractivity contribution in [1.82, 2.24) is 9.80 Å². The number of hydrogen-bond acceptors (Lipinski definition) is 3. The molecule has 3 rings (SSSR count). The standard InChI is InChI=1S/C23H36N2O2/c1-2-3-19-27-22-10-6-5-9-21(22)23(26)25-17-12-20(13-18-25)11-16-24-14-7-4-8-15-24/h5-6,9-10,20H,2-4,7-8,11-19H2,1H3. The first kappa shape index (κ1) is 20.2. The highest BCUT2D eigenvalue weighted by Gasteiger charge is 2.25. The fourth-order valence-electron chi connectivity index (χ4n) is 4.24. The maximum Gasteiger partial charge on any atom is 0.257 e. The zero-order chi connectivity index (χ0) is 18.9. The van der Waals surface area contributed by atoms with Crippen molar-refractivity contribution in [2.24, 2.45) is 5.92 Å². The molecule has 1 aromatic carbocycles. The summed E-state index contributed by atoms with van der Waals surface area (Å²) in [4.78, 5) is 17.7. The molecule has 2 saturated heterocycles. The molecule has 2 heterocycles. The van der Waals surface area contributed by atoms with Gasteiger partial charge in [0.2, 0.25) is 0 Å². The van der Waals surface area contributed by atoms with Crippen molar-refractivity contribution in [1.29, 1.82) is 0 Å². The summed E-state index contributed by atoms with van der Waals surface area (Å²) in [7, 11) is 0. The molecule has 150 valence electrons. The zero-order valence-electron chi connectivity index (χ0n) is 17.0. The van der Waals surface area contributed by atoms with E-state index in [4.69, 9.17) is 4.74 Å². The SMILES string of the molecule is CCCCOc1ccccc1C(=O)N1CCC(CCN2CCCCC2)CC1. The molecular formula is C23H36N2O2. The molecule has 1 aromatic rings. The van der Waals surface area contributed by atoms with E-state index in [2.05, 4.69) is 11.8 Å². The molecule has 0 spiro atoms. The fourth-order valence-corrected chi connectivity index (χ4v) is 4.24. The Hall–Kier alpha value is -1.55. The number of rotatable bonds is 8. The van der Waals surface area contributed by atoms with Crippen molar-refractivity contribution in [2.75, 3.05) is 39.3 Å². The van der Waals surface area contributed by atoms with Crippen LogP contribution in [0.15, 0.2) is 24.3 Å². The number of unbranched alkanes of at least 4 members (excludes halogenated alkanes) is 1. The van der Waals surface area contributed by atoms with Crippen molar-refractivity contribution in [2.45, 2.75) is 58.3 Å². The van der Waals surface area contributed by atoms with Crippen LogP contribution in [0.4, 0.5) is 0 Å². The highest BCUT2D eigenvalue weighted by atomic mass is 16.5. The largest absolute Gasteiger partial charge is 0.493 e. The van der Waals surface area contributed by atoms with Crippen LogP contribution in [0.1, 0.15) is 68.6 Å². The van der Waals surface area contributed by atoms with E-state index in [9.17, 15) is 4.79 Å². The predicted octanol–water partition coefficient (Wildman–Crippen LogP) is 4.59. The fraction of sp³-hybridized carbons (Fsp3) is 0.696. The van der Waals surface area contributed by atoms with Crippen molar-refractivity contribution >= 4 is 5.91 Å². The maximum atomic E-state index is 13.0. The van der Waals surface area contributed by atoms with Gasteiger partial charge in [-0.15, -0.1) is 0 Å². The number of piperidine rings is 2. The Morgan fingerprint density at radius 3 is 2.56 bits per heavy atom. The molecule has 0 N–H and O–H groups in total. The molecule has 4 nitrogen and oxygen atoms in total. The van der Waals surface area contributed by atoms with Crippen molar-refractivity contribution in [3.05, 3.63) is 29.8 Å². The van der Waals surface area contributed by atoms with E-state index in [1.54, 1.807) is 0 Å². The zero-order valence-corrected chi connectivity index (χ0v) is 17.0. The van der Waals surface area contributed by atoms with Crippen molar-refractivity contribution in [3.8, 4) is 5.75 Å². The van der Waals surface area contributed by atoms with E-state index in [-0.39, 0.29) is 5.91 Å². The molecule has 0 bridgehead atoms. The average molecular weight is 373 g/mol. The second-order valence-corrected chi connectivity index (χ2v) is 8.12. The monoisotopic (exact) mass is 372 g/mol. The number of carbonyl (C=O) groups excluding carboxylic acids is 1. The molecule has 2 fully saturated rings. The van der Waals surface area contributed by atoms with E-state index in [1.807, 2.05) is 29.2 Å². The van der Waals surface area contributed by atoms with Crippen LogP contribution in [-0.4, -0.2) is 55.0 Å². The molecular weight excluding hydrogens is 336 g/mol. The van der Waals surface area contributed by atoms with Gasteiger partial charge in [0.05, 0.1) is 12.2 Å². The molecule has 0 aliphatic carbocycles. The third-order valence-electron chi connectivity index (χ3n) is 6.08. The van der Waals surface area contributed by atoms with Gasteiger partial charge in [0.15, 0.2) is 0 Å². The van der Waals surface area contributed by atoms with E-state index in [1.165, 1.54) is 45.3 Å². The highest BCUT2D eigenvalue weighted by Crippen LogP contribution is 2.26. The predicted molar refractivity (Wildman–Crippen MR) is 110 cm³/mol.